The molecule has 0 amide bonds. The first-order chi connectivity index (χ1) is 10.3. The lowest BCUT2D eigenvalue weighted by molar-refractivity contribution is 0.350. The first-order valence-electron chi connectivity index (χ1n) is 7.19. The first-order valence-corrected chi connectivity index (χ1v) is 7.19. The summed E-state index contributed by atoms with van der Waals surface area (Å²) in [5.41, 5.74) is 3.82. The number of imidazole rings is 1. The molecule has 1 aliphatic carbocycles. The third kappa shape index (κ3) is 2.98. The Morgan fingerprint density at radius 2 is 2.14 bits per heavy atom. The Hall–Kier alpha value is -2.12. The van der Waals surface area contributed by atoms with Crippen molar-refractivity contribution >= 4 is 0 Å². The number of halogens is 1. The second-order valence-corrected chi connectivity index (χ2v) is 5.25. The first kappa shape index (κ1) is 13.8. The van der Waals surface area contributed by atoms with Gasteiger partial charge in [0, 0.05) is 12.2 Å². The number of aromatic nitrogens is 2. The number of aliphatic hydroxyl groups excluding tert-OH is 1. The van der Waals surface area contributed by atoms with E-state index in [0.717, 1.165) is 18.4 Å². The van der Waals surface area contributed by atoms with Gasteiger partial charge in [-0.15, -0.1) is 0 Å². The summed E-state index contributed by atoms with van der Waals surface area (Å²) >= 11 is 0. The van der Waals surface area contributed by atoms with Crippen molar-refractivity contribution in [1.82, 2.24) is 9.55 Å². The predicted octanol–water partition coefficient (Wildman–Crippen LogP) is 2.29. The molecule has 0 aliphatic heterocycles. The summed E-state index contributed by atoms with van der Waals surface area (Å²) in [7, 11) is 0. The maximum Gasteiger partial charge on any atom is 0.138 e. The summed E-state index contributed by atoms with van der Waals surface area (Å²) in [4.78, 5) is 4.47. The molecule has 0 bridgehead atoms. The number of fused-ring (bicyclic) bond motifs is 1. The van der Waals surface area contributed by atoms with E-state index in [1.807, 2.05) is 6.33 Å². The molecule has 2 aromatic rings. The lowest BCUT2D eigenvalue weighted by atomic mass is 10.0. The van der Waals surface area contributed by atoms with Crippen molar-refractivity contribution in [1.29, 1.82) is 0 Å². The molecular weight excluding hydrogens is 267 g/mol. The molecule has 0 atom stereocenters. The summed E-state index contributed by atoms with van der Waals surface area (Å²) in [5.74, 6) is 4.78. The van der Waals surface area contributed by atoms with Crippen molar-refractivity contribution in [3.63, 3.8) is 0 Å². The third-order valence-electron chi connectivity index (χ3n) is 3.80. The molecule has 0 spiro atoms. The Morgan fingerprint density at radius 1 is 1.29 bits per heavy atom. The van der Waals surface area contributed by atoms with Crippen LogP contribution in [0.5, 0.6) is 0 Å². The zero-order valence-electron chi connectivity index (χ0n) is 11.8. The van der Waals surface area contributed by atoms with Crippen LogP contribution in [0, 0.1) is 17.7 Å². The minimum absolute atomic E-state index is 0.265. The van der Waals surface area contributed by atoms with E-state index in [4.69, 9.17) is 5.11 Å². The Balaban J connectivity index is 1.86. The molecule has 108 valence electrons. The number of aliphatic hydroxyl groups is 1. The topological polar surface area (TPSA) is 38.0 Å². The fraction of sp³-hybridized carbons (Fsp3) is 0.353. The number of nitrogens with zero attached hydrogens (tertiary/aromatic N) is 2. The zero-order valence-corrected chi connectivity index (χ0v) is 11.8. The van der Waals surface area contributed by atoms with Gasteiger partial charge < -0.3 is 9.67 Å². The Morgan fingerprint density at radius 3 is 3.00 bits per heavy atom. The molecule has 3 nitrogen and oxygen atoms in total. The van der Waals surface area contributed by atoms with Gasteiger partial charge in [-0.2, -0.15) is 0 Å². The molecule has 1 N–H and O–H groups in total. The molecule has 1 aliphatic rings. The highest BCUT2D eigenvalue weighted by Crippen LogP contribution is 2.21. The fourth-order valence-electron chi connectivity index (χ4n) is 2.77. The van der Waals surface area contributed by atoms with Gasteiger partial charge in [-0.25, -0.2) is 9.37 Å². The van der Waals surface area contributed by atoms with Crippen LogP contribution in [0.15, 0.2) is 24.5 Å². The average Bonchev–Trinajstić information content (AvgIpc) is 2.91. The second-order valence-electron chi connectivity index (χ2n) is 5.25. The highest BCUT2D eigenvalue weighted by Gasteiger charge is 2.15. The SMILES string of the molecule is OCC#Cc1cc(Cn2cnc3c2CCCC3)ccc1F. The van der Waals surface area contributed by atoms with Gasteiger partial charge in [0.1, 0.15) is 12.4 Å². The Labute approximate surface area is 123 Å². The quantitative estimate of drug-likeness (QED) is 0.859. The van der Waals surface area contributed by atoms with Crippen molar-refractivity contribution in [3.8, 4) is 11.8 Å². The van der Waals surface area contributed by atoms with Gasteiger partial charge in [0.15, 0.2) is 0 Å². The minimum Gasteiger partial charge on any atom is -0.384 e. The number of hydrogen-bond acceptors (Lipinski definition) is 2. The molecular formula is C17H17FN2O. The van der Waals surface area contributed by atoms with E-state index >= 15 is 0 Å². The molecule has 3 rings (SSSR count). The van der Waals surface area contributed by atoms with Gasteiger partial charge in [-0.05, 0) is 43.4 Å². The summed E-state index contributed by atoms with van der Waals surface area (Å²) < 4.78 is 15.8. The molecule has 0 unspecified atom stereocenters. The van der Waals surface area contributed by atoms with E-state index in [-0.39, 0.29) is 12.4 Å². The third-order valence-corrected chi connectivity index (χ3v) is 3.80. The summed E-state index contributed by atoms with van der Waals surface area (Å²) in [6, 6.07) is 4.95. The van der Waals surface area contributed by atoms with E-state index in [0.29, 0.717) is 12.1 Å². The normalized spacial score (nSPS) is 13.4. The zero-order chi connectivity index (χ0) is 14.7. The lowest BCUT2D eigenvalue weighted by Crippen LogP contribution is -2.09. The number of benzene rings is 1. The smallest absolute Gasteiger partial charge is 0.138 e. The van der Waals surface area contributed by atoms with Crippen LogP contribution < -0.4 is 0 Å². The molecule has 1 heterocycles. The second kappa shape index (κ2) is 6.11. The van der Waals surface area contributed by atoms with Crippen molar-refractivity contribution in [2.24, 2.45) is 0 Å². The highest BCUT2D eigenvalue weighted by atomic mass is 19.1. The van der Waals surface area contributed by atoms with Crippen LogP contribution in [-0.2, 0) is 19.4 Å². The van der Waals surface area contributed by atoms with Crippen molar-refractivity contribution < 1.29 is 9.50 Å². The minimum atomic E-state index is -0.354. The van der Waals surface area contributed by atoms with E-state index in [1.54, 1.807) is 12.1 Å². The van der Waals surface area contributed by atoms with Gasteiger partial charge in [-0.3, -0.25) is 0 Å². The largest absolute Gasteiger partial charge is 0.384 e. The van der Waals surface area contributed by atoms with Gasteiger partial charge >= 0.3 is 0 Å². The summed E-state index contributed by atoms with van der Waals surface area (Å²) in [5, 5.41) is 8.72. The van der Waals surface area contributed by atoms with E-state index in [1.165, 1.54) is 30.3 Å². The van der Waals surface area contributed by atoms with Crippen molar-refractivity contribution in [2.45, 2.75) is 32.2 Å². The van der Waals surface area contributed by atoms with Gasteiger partial charge in [0.25, 0.3) is 0 Å². The van der Waals surface area contributed by atoms with Crippen LogP contribution in [0.1, 0.15) is 35.4 Å². The van der Waals surface area contributed by atoms with Crippen molar-refractivity contribution in [3.05, 3.63) is 52.9 Å². The number of rotatable bonds is 2. The standard InChI is InChI=1S/C17H17FN2O/c18-15-8-7-13(10-14(15)4-3-9-21)11-20-12-19-16-5-1-2-6-17(16)20/h7-8,10,12,21H,1-2,5-6,9,11H2. The van der Waals surface area contributed by atoms with Gasteiger partial charge in [-0.1, -0.05) is 17.9 Å². The Bertz CT molecular complexity index is 709. The molecule has 21 heavy (non-hydrogen) atoms. The predicted molar refractivity (Wildman–Crippen MR) is 78.3 cm³/mol. The monoisotopic (exact) mass is 284 g/mol. The molecule has 1 aromatic carbocycles. The highest BCUT2D eigenvalue weighted by molar-refractivity contribution is 5.38. The fourth-order valence-corrected chi connectivity index (χ4v) is 2.77. The van der Waals surface area contributed by atoms with Gasteiger partial charge in [0.2, 0.25) is 0 Å². The number of aryl methyl sites for hydroxylation is 1. The molecule has 1 aromatic heterocycles. The lowest BCUT2D eigenvalue weighted by Gasteiger charge is -2.14. The number of hydrogen-bond donors (Lipinski definition) is 1. The van der Waals surface area contributed by atoms with E-state index in [2.05, 4.69) is 21.4 Å². The maximum atomic E-state index is 13.6. The van der Waals surface area contributed by atoms with Crippen molar-refractivity contribution in [2.75, 3.05) is 6.61 Å². The van der Waals surface area contributed by atoms with E-state index in [9.17, 15) is 4.39 Å². The van der Waals surface area contributed by atoms with Crippen LogP contribution in [0.4, 0.5) is 4.39 Å². The molecule has 0 saturated heterocycles. The van der Waals surface area contributed by atoms with Crippen LogP contribution in [0.25, 0.3) is 0 Å². The van der Waals surface area contributed by atoms with E-state index < -0.39 is 0 Å². The van der Waals surface area contributed by atoms with Gasteiger partial charge in [0.05, 0.1) is 17.6 Å². The maximum absolute atomic E-state index is 13.6. The molecule has 0 fully saturated rings. The summed E-state index contributed by atoms with van der Waals surface area (Å²) in [6.07, 6.45) is 6.40. The van der Waals surface area contributed by atoms with Crippen LogP contribution in [-0.4, -0.2) is 21.3 Å². The summed E-state index contributed by atoms with van der Waals surface area (Å²) in [6.45, 7) is 0.412. The van der Waals surface area contributed by atoms with Crippen LogP contribution in [0.3, 0.4) is 0 Å². The molecule has 4 heteroatoms. The average molecular weight is 284 g/mol. The molecule has 0 radical (unpaired) electrons. The Kier molecular flexibility index (Phi) is 4.03. The molecule has 0 saturated carbocycles. The van der Waals surface area contributed by atoms with Crippen LogP contribution in [0.2, 0.25) is 0 Å². The van der Waals surface area contributed by atoms with Crippen LogP contribution >= 0.6 is 0 Å².